The van der Waals surface area contributed by atoms with E-state index in [0.29, 0.717) is 25.4 Å². The monoisotopic (exact) mass is 344 g/mol. The lowest BCUT2D eigenvalue weighted by atomic mass is 9.87. The van der Waals surface area contributed by atoms with E-state index in [1.54, 1.807) is 7.05 Å². The van der Waals surface area contributed by atoms with Crippen LogP contribution in [-0.4, -0.2) is 32.0 Å². The van der Waals surface area contributed by atoms with Crippen LogP contribution in [0.2, 0.25) is 0 Å². The average molecular weight is 345 g/mol. The maximum Gasteiger partial charge on any atom is 0.220 e. The van der Waals surface area contributed by atoms with Crippen LogP contribution < -0.4 is 16.0 Å². The third kappa shape index (κ3) is 7.59. The smallest absolute Gasteiger partial charge is 0.220 e. The van der Waals surface area contributed by atoms with E-state index in [-0.39, 0.29) is 5.91 Å². The highest BCUT2D eigenvalue weighted by atomic mass is 16.1. The van der Waals surface area contributed by atoms with E-state index in [2.05, 4.69) is 52.1 Å². The summed E-state index contributed by atoms with van der Waals surface area (Å²) in [6.07, 6.45) is 6.99. The van der Waals surface area contributed by atoms with Crippen LogP contribution in [0.3, 0.4) is 0 Å². The maximum atomic E-state index is 12.0. The van der Waals surface area contributed by atoms with Gasteiger partial charge in [-0.1, -0.05) is 49.1 Å². The Bertz CT molecular complexity index is 565. The molecule has 1 aromatic rings. The summed E-state index contributed by atoms with van der Waals surface area (Å²) < 4.78 is 0. The summed E-state index contributed by atoms with van der Waals surface area (Å²) in [6, 6.07) is 8.40. The fraction of sp³-hybridized carbons (Fsp3) is 0.600. The standard InChI is InChI=1S/C20H32N4O/c1-16-7-6-10-18(13-16)15-24-20(21-2)23-12-11-22-19(25)14-17-8-4-3-5-9-17/h6-7,10,13,17H,3-5,8-9,11-12,14-15H2,1-2H3,(H,22,25)(H2,21,23,24). The first-order valence-electron chi connectivity index (χ1n) is 9.44. The van der Waals surface area contributed by atoms with Gasteiger partial charge in [-0.3, -0.25) is 9.79 Å². The number of guanidine groups is 1. The van der Waals surface area contributed by atoms with Crippen LogP contribution in [-0.2, 0) is 11.3 Å². The van der Waals surface area contributed by atoms with Gasteiger partial charge in [0.25, 0.3) is 0 Å². The van der Waals surface area contributed by atoms with Crippen molar-refractivity contribution in [2.24, 2.45) is 10.9 Å². The van der Waals surface area contributed by atoms with E-state index in [0.717, 1.165) is 12.5 Å². The van der Waals surface area contributed by atoms with E-state index in [4.69, 9.17) is 0 Å². The Morgan fingerprint density at radius 2 is 1.88 bits per heavy atom. The van der Waals surface area contributed by atoms with Gasteiger partial charge < -0.3 is 16.0 Å². The van der Waals surface area contributed by atoms with Crippen molar-refractivity contribution in [3.05, 3.63) is 35.4 Å². The first-order valence-corrected chi connectivity index (χ1v) is 9.44. The number of carbonyl (C=O) groups is 1. The van der Waals surface area contributed by atoms with Gasteiger partial charge in [-0.2, -0.15) is 0 Å². The Hall–Kier alpha value is -2.04. The summed E-state index contributed by atoms with van der Waals surface area (Å²) in [7, 11) is 1.76. The van der Waals surface area contributed by atoms with Crippen molar-refractivity contribution in [2.75, 3.05) is 20.1 Å². The molecule has 0 unspecified atom stereocenters. The normalized spacial score (nSPS) is 15.7. The number of hydrogen-bond acceptors (Lipinski definition) is 2. The number of benzene rings is 1. The Kier molecular flexibility index (Phi) is 8.29. The average Bonchev–Trinajstić information content (AvgIpc) is 2.62. The van der Waals surface area contributed by atoms with E-state index in [1.807, 2.05) is 0 Å². The van der Waals surface area contributed by atoms with Crippen LogP contribution in [0, 0.1) is 12.8 Å². The van der Waals surface area contributed by atoms with Gasteiger partial charge in [0, 0.05) is 33.1 Å². The number of nitrogens with zero attached hydrogens (tertiary/aromatic N) is 1. The van der Waals surface area contributed by atoms with Gasteiger partial charge in [-0.25, -0.2) is 0 Å². The first kappa shape index (κ1) is 19.3. The molecule has 0 radical (unpaired) electrons. The zero-order valence-corrected chi connectivity index (χ0v) is 15.6. The summed E-state index contributed by atoms with van der Waals surface area (Å²) >= 11 is 0. The third-order valence-electron chi connectivity index (χ3n) is 4.70. The van der Waals surface area contributed by atoms with Crippen molar-refractivity contribution in [3.8, 4) is 0 Å². The molecular weight excluding hydrogens is 312 g/mol. The molecule has 0 heterocycles. The highest BCUT2D eigenvalue weighted by Gasteiger charge is 2.16. The lowest BCUT2D eigenvalue weighted by Crippen LogP contribution is -2.41. The molecule has 1 aromatic carbocycles. The number of rotatable bonds is 7. The summed E-state index contributed by atoms with van der Waals surface area (Å²) in [6.45, 7) is 4.11. The van der Waals surface area contributed by atoms with Crippen LogP contribution in [0.5, 0.6) is 0 Å². The summed E-state index contributed by atoms with van der Waals surface area (Å²) in [5, 5.41) is 9.54. The summed E-state index contributed by atoms with van der Waals surface area (Å²) in [5.74, 6) is 1.52. The molecule has 0 aliphatic heterocycles. The Morgan fingerprint density at radius 1 is 1.12 bits per heavy atom. The minimum absolute atomic E-state index is 0.177. The van der Waals surface area contributed by atoms with E-state index in [9.17, 15) is 4.79 Å². The van der Waals surface area contributed by atoms with Crippen molar-refractivity contribution in [2.45, 2.75) is 52.0 Å². The third-order valence-corrected chi connectivity index (χ3v) is 4.70. The molecule has 0 saturated heterocycles. The zero-order chi connectivity index (χ0) is 17.9. The summed E-state index contributed by atoms with van der Waals surface area (Å²) in [5.41, 5.74) is 2.48. The van der Waals surface area contributed by atoms with Gasteiger partial charge in [-0.15, -0.1) is 0 Å². The second kappa shape index (κ2) is 10.7. The number of amides is 1. The van der Waals surface area contributed by atoms with Gasteiger partial charge in [-0.05, 0) is 31.2 Å². The van der Waals surface area contributed by atoms with Crippen LogP contribution in [0.1, 0.15) is 49.7 Å². The Morgan fingerprint density at radius 3 is 2.60 bits per heavy atom. The van der Waals surface area contributed by atoms with Crippen LogP contribution >= 0.6 is 0 Å². The molecule has 0 aromatic heterocycles. The molecule has 5 nitrogen and oxygen atoms in total. The largest absolute Gasteiger partial charge is 0.355 e. The minimum Gasteiger partial charge on any atom is -0.355 e. The van der Waals surface area contributed by atoms with Crippen molar-refractivity contribution >= 4 is 11.9 Å². The topological polar surface area (TPSA) is 65.5 Å². The Labute approximate surface area is 151 Å². The molecule has 3 N–H and O–H groups in total. The van der Waals surface area contributed by atoms with Crippen molar-refractivity contribution in [1.29, 1.82) is 0 Å². The second-order valence-electron chi connectivity index (χ2n) is 6.90. The van der Waals surface area contributed by atoms with Gasteiger partial charge in [0.2, 0.25) is 5.91 Å². The molecule has 1 amide bonds. The second-order valence-corrected chi connectivity index (χ2v) is 6.90. The molecule has 2 rings (SSSR count). The maximum absolute atomic E-state index is 12.0. The predicted molar refractivity (Wildman–Crippen MR) is 104 cm³/mol. The molecule has 1 fully saturated rings. The number of aliphatic imine (C=N–C) groups is 1. The van der Waals surface area contributed by atoms with E-state index in [1.165, 1.54) is 43.2 Å². The fourth-order valence-electron chi connectivity index (χ4n) is 3.34. The zero-order valence-electron chi connectivity index (χ0n) is 15.6. The van der Waals surface area contributed by atoms with Crippen molar-refractivity contribution in [3.63, 3.8) is 0 Å². The van der Waals surface area contributed by atoms with Crippen LogP contribution in [0.4, 0.5) is 0 Å². The quantitative estimate of drug-likeness (QED) is 0.405. The van der Waals surface area contributed by atoms with E-state index < -0.39 is 0 Å². The molecule has 1 aliphatic carbocycles. The van der Waals surface area contributed by atoms with Gasteiger partial charge in [0.15, 0.2) is 5.96 Å². The molecule has 0 spiro atoms. The number of hydrogen-bond donors (Lipinski definition) is 3. The number of carbonyl (C=O) groups excluding carboxylic acids is 1. The van der Waals surface area contributed by atoms with Crippen LogP contribution in [0.15, 0.2) is 29.3 Å². The van der Waals surface area contributed by atoms with Crippen molar-refractivity contribution < 1.29 is 4.79 Å². The molecular formula is C20H32N4O. The molecule has 0 atom stereocenters. The van der Waals surface area contributed by atoms with Gasteiger partial charge in [0.1, 0.15) is 0 Å². The molecule has 25 heavy (non-hydrogen) atoms. The highest BCUT2D eigenvalue weighted by molar-refractivity contribution is 5.80. The lowest BCUT2D eigenvalue weighted by molar-refractivity contribution is -0.122. The molecule has 5 heteroatoms. The predicted octanol–water partition coefficient (Wildman–Crippen LogP) is 2.75. The highest BCUT2D eigenvalue weighted by Crippen LogP contribution is 2.25. The number of aryl methyl sites for hydroxylation is 1. The first-order chi connectivity index (χ1) is 12.2. The molecule has 1 aliphatic rings. The SMILES string of the molecule is CN=C(NCCNC(=O)CC1CCCCC1)NCc1cccc(C)c1. The van der Waals surface area contributed by atoms with Gasteiger partial charge >= 0.3 is 0 Å². The summed E-state index contributed by atoms with van der Waals surface area (Å²) in [4.78, 5) is 16.2. The lowest BCUT2D eigenvalue weighted by Gasteiger charge is -2.20. The van der Waals surface area contributed by atoms with Crippen LogP contribution in [0.25, 0.3) is 0 Å². The Balaban J connectivity index is 1.59. The number of nitrogens with one attached hydrogen (secondary N) is 3. The molecule has 1 saturated carbocycles. The van der Waals surface area contributed by atoms with Crippen molar-refractivity contribution in [1.82, 2.24) is 16.0 Å². The minimum atomic E-state index is 0.177. The van der Waals surface area contributed by atoms with Gasteiger partial charge in [0.05, 0.1) is 0 Å². The fourth-order valence-corrected chi connectivity index (χ4v) is 3.34. The molecule has 0 bridgehead atoms. The molecule has 138 valence electrons. The van der Waals surface area contributed by atoms with E-state index >= 15 is 0 Å².